The number of aryl methyl sites for hydroxylation is 1. The molecule has 0 bridgehead atoms. The molecule has 0 aliphatic carbocycles. The Hall–Kier alpha value is -1.79. The van der Waals surface area contributed by atoms with Gasteiger partial charge in [0.2, 0.25) is 0 Å². The molecule has 0 radical (unpaired) electrons. The van der Waals surface area contributed by atoms with Crippen LogP contribution in [0.15, 0.2) is 58.2 Å². The lowest BCUT2D eigenvalue weighted by molar-refractivity contribution is 0.210. The maximum atomic E-state index is 6.03. The van der Waals surface area contributed by atoms with Crippen LogP contribution in [0.5, 0.6) is 5.75 Å². The second kappa shape index (κ2) is 8.73. The van der Waals surface area contributed by atoms with Gasteiger partial charge in [0, 0.05) is 16.8 Å². The second-order valence-electron chi connectivity index (χ2n) is 6.07. The minimum atomic E-state index is -0.169. The third kappa shape index (κ3) is 4.68. The SMILES string of the molecule is CCn1c(SCc2ccc(C)cc2)nnc1C(C)Oc1ccc(Br)cc1. The minimum Gasteiger partial charge on any atom is -0.483 e. The van der Waals surface area contributed by atoms with Crippen LogP contribution in [0.3, 0.4) is 0 Å². The van der Waals surface area contributed by atoms with Crippen molar-refractivity contribution in [1.29, 1.82) is 0 Å². The lowest BCUT2D eigenvalue weighted by Crippen LogP contribution is -2.11. The predicted octanol–water partition coefficient (Wildman–Crippen LogP) is 5.80. The highest BCUT2D eigenvalue weighted by Crippen LogP contribution is 2.27. The molecule has 4 nitrogen and oxygen atoms in total. The fraction of sp³-hybridized carbons (Fsp3) is 0.300. The van der Waals surface area contributed by atoms with E-state index in [2.05, 4.69) is 68.8 Å². The molecule has 0 amide bonds. The largest absolute Gasteiger partial charge is 0.483 e. The first-order valence-electron chi connectivity index (χ1n) is 8.60. The van der Waals surface area contributed by atoms with Crippen molar-refractivity contribution in [3.05, 3.63) is 70.0 Å². The zero-order valence-electron chi connectivity index (χ0n) is 15.1. The molecule has 1 heterocycles. The molecule has 0 aliphatic heterocycles. The summed E-state index contributed by atoms with van der Waals surface area (Å²) in [6.45, 7) is 7.03. The van der Waals surface area contributed by atoms with Crippen molar-refractivity contribution in [2.24, 2.45) is 0 Å². The van der Waals surface area contributed by atoms with E-state index in [9.17, 15) is 0 Å². The quantitative estimate of drug-likeness (QED) is 0.443. The maximum absolute atomic E-state index is 6.03. The molecule has 3 rings (SSSR count). The van der Waals surface area contributed by atoms with E-state index in [1.165, 1.54) is 11.1 Å². The summed E-state index contributed by atoms with van der Waals surface area (Å²) in [7, 11) is 0. The van der Waals surface area contributed by atoms with Crippen LogP contribution in [0.25, 0.3) is 0 Å². The summed E-state index contributed by atoms with van der Waals surface area (Å²) in [6, 6.07) is 16.4. The number of thioether (sulfide) groups is 1. The lowest BCUT2D eigenvalue weighted by Gasteiger charge is -2.15. The molecule has 2 aromatic carbocycles. The molecular formula is C20H22BrN3OS. The molecule has 136 valence electrons. The molecule has 1 aromatic heterocycles. The van der Waals surface area contributed by atoms with Crippen LogP contribution in [-0.2, 0) is 12.3 Å². The molecule has 1 unspecified atom stereocenters. The van der Waals surface area contributed by atoms with Crippen molar-refractivity contribution in [2.45, 2.75) is 44.3 Å². The molecule has 0 fully saturated rings. The van der Waals surface area contributed by atoms with E-state index in [4.69, 9.17) is 4.74 Å². The number of hydrogen-bond acceptors (Lipinski definition) is 4. The molecule has 6 heteroatoms. The first-order chi connectivity index (χ1) is 12.6. The monoisotopic (exact) mass is 431 g/mol. The van der Waals surface area contributed by atoms with Crippen molar-refractivity contribution in [2.75, 3.05) is 0 Å². The van der Waals surface area contributed by atoms with Gasteiger partial charge in [0.15, 0.2) is 17.1 Å². The van der Waals surface area contributed by atoms with Crippen LogP contribution >= 0.6 is 27.7 Å². The number of nitrogens with zero attached hydrogens (tertiary/aromatic N) is 3. The van der Waals surface area contributed by atoms with Crippen molar-refractivity contribution in [3.8, 4) is 5.75 Å². The normalized spacial score (nSPS) is 12.2. The van der Waals surface area contributed by atoms with Crippen LogP contribution < -0.4 is 4.74 Å². The topological polar surface area (TPSA) is 39.9 Å². The van der Waals surface area contributed by atoms with Gasteiger partial charge in [-0.05, 0) is 50.6 Å². The number of hydrogen-bond donors (Lipinski definition) is 0. The number of ether oxygens (including phenoxy) is 1. The summed E-state index contributed by atoms with van der Waals surface area (Å²) in [6.07, 6.45) is -0.169. The smallest absolute Gasteiger partial charge is 0.191 e. The first-order valence-corrected chi connectivity index (χ1v) is 10.4. The first kappa shape index (κ1) is 19.0. The number of aromatic nitrogens is 3. The van der Waals surface area contributed by atoms with Crippen molar-refractivity contribution in [1.82, 2.24) is 14.8 Å². The molecule has 0 saturated carbocycles. The van der Waals surface area contributed by atoms with Crippen LogP contribution in [0.1, 0.15) is 36.9 Å². The van der Waals surface area contributed by atoms with Gasteiger partial charge < -0.3 is 9.30 Å². The third-order valence-electron chi connectivity index (χ3n) is 4.04. The molecule has 3 aromatic rings. The Morgan fingerprint density at radius 1 is 1.08 bits per heavy atom. The Morgan fingerprint density at radius 3 is 2.42 bits per heavy atom. The van der Waals surface area contributed by atoms with Gasteiger partial charge in [0.1, 0.15) is 5.75 Å². The zero-order valence-corrected chi connectivity index (χ0v) is 17.5. The fourth-order valence-corrected chi connectivity index (χ4v) is 3.84. The van der Waals surface area contributed by atoms with E-state index in [1.54, 1.807) is 11.8 Å². The molecular weight excluding hydrogens is 410 g/mol. The lowest BCUT2D eigenvalue weighted by atomic mass is 10.2. The van der Waals surface area contributed by atoms with E-state index in [0.29, 0.717) is 0 Å². The summed E-state index contributed by atoms with van der Waals surface area (Å²) in [5, 5.41) is 9.70. The Bertz CT molecular complexity index is 846. The van der Waals surface area contributed by atoms with E-state index >= 15 is 0 Å². The molecule has 0 aliphatic rings. The second-order valence-corrected chi connectivity index (χ2v) is 7.93. The average Bonchev–Trinajstić information content (AvgIpc) is 3.06. The summed E-state index contributed by atoms with van der Waals surface area (Å²) in [5.74, 6) is 2.54. The average molecular weight is 432 g/mol. The highest BCUT2D eigenvalue weighted by atomic mass is 79.9. The van der Waals surface area contributed by atoms with Gasteiger partial charge in [0.05, 0.1) is 0 Å². The molecule has 0 spiro atoms. The van der Waals surface area contributed by atoms with Gasteiger partial charge in [-0.1, -0.05) is 57.5 Å². The van der Waals surface area contributed by atoms with Crippen molar-refractivity contribution >= 4 is 27.7 Å². The minimum absolute atomic E-state index is 0.169. The predicted molar refractivity (Wildman–Crippen MR) is 110 cm³/mol. The number of benzene rings is 2. The fourth-order valence-electron chi connectivity index (χ4n) is 2.61. The van der Waals surface area contributed by atoms with Crippen LogP contribution in [0.2, 0.25) is 0 Å². The van der Waals surface area contributed by atoms with Crippen molar-refractivity contribution < 1.29 is 4.74 Å². The highest BCUT2D eigenvalue weighted by molar-refractivity contribution is 9.10. The highest BCUT2D eigenvalue weighted by Gasteiger charge is 2.18. The Labute approximate surface area is 167 Å². The Kier molecular flexibility index (Phi) is 6.38. The number of halogens is 1. The van der Waals surface area contributed by atoms with Gasteiger partial charge in [-0.3, -0.25) is 0 Å². The summed E-state index contributed by atoms with van der Waals surface area (Å²) in [5.41, 5.74) is 2.56. The van der Waals surface area contributed by atoms with E-state index in [-0.39, 0.29) is 6.10 Å². The van der Waals surface area contributed by atoms with E-state index in [0.717, 1.165) is 33.5 Å². The number of rotatable bonds is 7. The third-order valence-corrected chi connectivity index (χ3v) is 5.61. The zero-order chi connectivity index (χ0) is 18.5. The van der Waals surface area contributed by atoms with E-state index < -0.39 is 0 Å². The standard InChI is InChI=1S/C20H22BrN3OS/c1-4-24-19(15(3)25-18-11-9-17(21)10-12-18)22-23-20(24)26-13-16-7-5-14(2)6-8-16/h5-12,15H,4,13H2,1-3H3. The van der Waals surface area contributed by atoms with Gasteiger partial charge in [-0.2, -0.15) is 0 Å². The maximum Gasteiger partial charge on any atom is 0.191 e. The Morgan fingerprint density at radius 2 is 1.77 bits per heavy atom. The van der Waals surface area contributed by atoms with Gasteiger partial charge >= 0.3 is 0 Å². The molecule has 0 N–H and O–H groups in total. The van der Waals surface area contributed by atoms with Crippen LogP contribution in [-0.4, -0.2) is 14.8 Å². The van der Waals surface area contributed by atoms with Crippen LogP contribution in [0, 0.1) is 6.92 Å². The van der Waals surface area contributed by atoms with Gasteiger partial charge in [0.25, 0.3) is 0 Å². The van der Waals surface area contributed by atoms with Crippen LogP contribution in [0.4, 0.5) is 0 Å². The Balaban J connectivity index is 1.70. The van der Waals surface area contributed by atoms with Gasteiger partial charge in [-0.25, -0.2) is 0 Å². The van der Waals surface area contributed by atoms with Crippen molar-refractivity contribution in [3.63, 3.8) is 0 Å². The summed E-state index contributed by atoms with van der Waals surface area (Å²) in [4.78, 5) is 0. The molecule has 1 atom stereocenters. The van der Waals surface area contributed by atoms with E-state index in [1.807, 2.05) is 31.2 Å². The van der Waals surface area contributed by atoms with Gasteiger partial charge in [-0.15, -0.1) is 10.2 Å². The summed E-state index contributed by atoms with van der Waals surface area (Å²) < 4.78 is 9.19. The summed E-state index contributed by atoms with van der Waals surface area (Å²) >= 11 is 5.14. The molecule has 26 heavy (non-hydrogen) atoms. The molecule has 0 saturated heterocycles.